The third-order valence-electron chi connectivity index (χ3n) is 5.78. The summed E-state index contributed by atoms with van der Waals surface area (Å²) in [6.07, 6.45) is 1.84. The molecule has 0 radical (unpaired) electrons. The number of nitrogens with zero attached hydrogens (tertiary/aromatic N) is 4. The highest BCUT2D eigenvalue weighted by atomic mass is 32.1. The Hall–Kier alpha value is -4.70. The summed E-state index contributed by atoms with van der Waals surface area (Å²) in [5, 5.41) is 8.01. The van der Waals surface area contributed by atoms with Gasteiger partial charge in [-0.3, -0.25) is 4.79 Å². The SMILES string of the molecule is COc1cc(OCc2csc(-c3cccc(OC(C)=O)c3)n2)c2cc(-c3cn4nc(C)ccc4n3)oc2c1. The van der Waals surface area contributed by atoms with Crippen LogP contribution >= 0.6 is 11.3 Å². The summed E-state index contributed by atoms with van der Waals surface area (Å²) in [6.45, 7) is 3.56. The fraction of sp³-hybridized carbons (Fsp3) is 0.143. The predicted molar refractivity (Wildman–Crippen MR) is 143 cm³/mol. The number of imidazole rings is 1. The number of hydrogen-bond acceptors (Lipinski definition) is 9. The number of hydrogen-bond donors (Lipinski definition) is 0. The quantitative estimate of drug-likeness (QED) is 0.182. The standard InChI is InChI=1S/C28H22N4O5S/c1-16-7-8-27-30-23(13-32(27)31-16)26-12-22-24(10-21(34-3)11-25(22)37-26)35-14-19-15-38-28(29-19)18-5-4-6-20(9-18)36-17(2)33/h4-13,15H,14H2,1-3H3. The molecule has 38 heavy (non-hydrogen) atoms. The number of aromatic nitrogens is 4. The van der Waals surface area contributed by atoms with E-state index in [0.717, 1.165) is 33.0 Å². The number of thiazole rings is 1. The molecule has 0 fully saturated rings. The molecule has 10 heteroatoms. The van der Waals surface area contributed by atoms with Crippen LogP contribution in [0.3, 0.4) is 0 Å². The second-order valence-electron chi connectivity index (χ2n) is 8.61. The maximum atomic E-state index is 11.3. The van der Waals surface area contributed by atoms with Crippen molar-refractivity contribution < 1.29 is 23.4 Å². The molecule has 0 saturated heterocycles. The number of rotatable bonds is 7. The smallest absolute Gasteiger partial charge is 0.308 e. The van der Waals surface area contributed by atoms with Gasteiger partial charge in [0.25, 0.3) is 0 Å². The summed E-state index contributed by atoms with van der Waals surface area (Å²) in [7, 11) is 1.60. The number of carbonyl (C=O) groups excluding carboxylic acids is 1. The number of aryl methyl sites for hydroxylation is 1. The van der Waals surface area contributed by atoms with Crippen LogP contribution in [0.25, 0.3) is 38.6 Å². The van der Waals surface area contributed by atoms with Gasteiger partial charge in [0, 0.05) is 30.0 Å². The van der Waals surface area contributed by atoms with Gasteiger partial charge >= 0.3 is 5.97 Å². The van der Waals surface area contributed by atoms with E-state index in [9.17, 15) is 4.79 Å². The summed E-state index contributed by atoms with van der Waals surface area (Å²) < 4.78 is 24.7. The minimum Gasteiger partial charge on any atom is -0.496 e. The number of methoxy groups -OCH3 is 1. The largest absolute Gasteiger partial charge is 0.496 e. The third-order valence-corrected chi connectivity index (χ3v) is 6.72. The molecule has 9 nitrogen and oxygen atoms in total. The molecule has 0 atom stereocenters. The van der Waals surface area contributed by atoms with E-state index in [-0.39, 0.29) is 12.6 Å². The van der Waals surface area contributed by atoms with Gasteiger partial charge in [-0.1, -0.05) is 12.1 Å². The lowest BCUT2D eigenvalue weighted by atomic mass is 10.2. The number of esters is 1. The first-order valence-electron chi connectivity index (χ1n) is 11.8. The summed E-state index contributed by atoms with van der Waals surface area (Å²) in [5.74, 6) is 1.94. The molecule has 6 aromatic rings. The van der Waals surface area contributed by atoms with Gasteiger partial charge < -0.3 is 18.6 Å². The number of carbonyl (C=O) groups is 1. The van der Waals surface area contributed by atoms with Crippen LogP contribution in [-0.4, -0.2) is 32.7 Å². The minimum absolute atomic E-state index is 0.250. The highest BCUT2D eigenvalue weighted by Crippen LogP contribution is 2.37. The van der Waals surface area contributed by atoms with Crippen LogP contribution in [0.1, 0.15) is 18.3 Å². The Bertz CT molecular complexity index is 1800. The molecule has 0 amide bonds. The van der Waals surface area contributed by atoms with Gasteiger partial charge in [-0.15, -0.1) is 11.3 Å². The lowest BCUT2D eigenvalue weighted by molar-refractivity contribution is -0.131. The first-order valence-corrected chi connectivity index (χ1v) is 12.6. The van der Waals surface area contributed by atoms with E-state index in [0.29, 0.717) is 34.3 Å². The number of furan rings is 1. The molecule has 0 aliphatic heterocycles. The van der Waals surface area contributed by atoms with Crippen molar-refractivity contribution >= 4 is 33.9 Å². The summed E-state index contributed by atoms with van der Waals surface area (Å²) in [4.78, 5) is 20.6. The van der Waals surface area contributed by atoms with E-state index in [1.54, 1.807) is 23.8 Å². The van der Waals surface area contributed by atoms with Crippen molar-refractivity contribution in [2.45, 2.75) is 20.5 Å². The minimum atomic E-state index is -0.365. The highest BCUT2D eigenvalue weighted by molar-refractivity contribution is 7.13. The molecular weight excluding hydrogens is 504 g/mol. The summed E-state index contributed by atoms with van der Waals surface area (Å²) in [5.41, 5.74) is 4.55. The van der Waals surface area contributed by atoms with E-state index in [2.05, 4.69) is 10.1 Å². The first kappa shape index (κ1) is 23.7. The monoisotopic (exact) mass is 526 g/mol. The Morgan fingerprint density at radius 1 is 1.08 bits per heavy atom. The van der Waals surface area contributed by atoms with E-state index in [1.165, 1.54) is 18.3 Å². The molecule has 4 heterocycles. The topological polar surface area (TPSA) is 101 Å². The maximum absolute atomic E-state index is 11.3. The van der Waals surface area contributed by atoms with Gasteiger partial charge in [-0.25, -0.2) is 14.5 Å². The Labute approximate surface area is 221 Å². The molecule has 0 unspecified atom stereocenters. The molecule has 6 rings (SSSR count). The van der Waals surface area contributed by atoms with Crippen LogP contribution in [0.15, 0.2) is 70.6 Å². The van der Waals surface area contributed by atoms with E-state index in [1.807, 2.05) is 61.0 Å². The Morgan fingerprint density at radius 3 is 2.82 bits per heavy atom. The zero-order chi connectivity index (χ0) is 26.2. The second kappa shape index (κ2) is 9.64. The molecule has 190 valence electrons. The van der Waals surface area contributed by atoms with Crippen molar-refractivity contribution in [3.63, 3.8) is 0 Å². The maximum Gasteiger partial charge on any atom is 0.308 e. The Balaban J connectivity index is 1.27. The molecule has 0 spiro atoms. The zero-order valence-corrected chi connectivity index (χ0v) is 21.6. The van der Waals surface area contributed by atoms with Crippen molar-refractivity contribution in [2.24, 2.45) is 0 Å². The third kappa shape index (κ3) is 4.69. The molecule has 4 aromatic heterocycles. The average Bonchev–Trinajstić information content (AvgIpc) is 3.64. The number of benzene rings is 2. The van der Waals surface area contributed by atoms with Crippen LogP contribution in [0.2, 0.25) is 0 Å². The van der Waals surface area contributed by atoms with Crippen molar-refractivity contribution in [2.75, 3.05) is 7.11 Å². The average molecular weight is 527 g/mol. The summed E-state index contributed by atoms with van der Waals surface area (Å²) >= 11 is 1.49. The van der Waals surface area contributed by atoms with Gasteiger partial charge in [0.2, 0.25) is 0 Å². The van der Waals surface area contributed by atoms with E-state index in [4.69, 9.17) is 23.6 Å². The van der Waals surface area contributed by atoms with Crippen molar-refractivity contribution in [3.8, 4) is 39.3 Å². The van der Waals surface area contributed by atoms with Crippen LogP contribution < -0.4 is 14.2 Å². The molecule has 0 aliphatic rings. The molecule has 0 aliphatic carbocycles. The van der Waals surface area contributed by atoms with Crippen LogP contribution in [0.4, 0.5) is 0 Å². The lowest BCUT2D eigenvalue weighted by Crippen LogP contribution is -2.01. The lowest BCUT2D eigenvalue weighted by Gasteiger charge is -2.08. The van der Waals surface area contributed by atoms with Gasteiger partial charge in [-0.2, -0.15) is 5.10 Å². The molecular formula is C28H22N4O5S. The second-order valence-corrected chi connectivity index (χ2v) is 9.46. The summed E-state index contributed by atoms with van der Waals surface area (Å²) in [6, 6.07) is 16.7. The fourth-order valence-electron chi connectivity index (χ4n) is 4.06. The molecule has 0 saturated carbocycles. The van der Waals surface area contributed by atoms with Crippen molar-refractivity contribution in [1.29, 1.82) is 0 Å². The first-order chi connectivity index (χ1) is 18.4. The highest BCUT2D eigenvalue weighted by Gasteiger charge is 2.16. The van der Waals surface area contributed by atoms with Gasteiger partial charge in [-0.05, 0) is 37.3 Å². The van der Waals surface area contributed by atoms with E-state index < -0.39 is 0 Å². The Morgan fingerprint density at radius 2 is 1.97 bits per heavy atom. The number of fused-ring (bicyclic) bond motifs is 2. The van der Waals surface area contributed by atoms with Crippen LogP contribution in [0.5, 0.6) is 17.2 Å². The van der Waals surface area contributed by atoms with Crippen LogP contribution in [-0.2, 0) is 11.4 Å². The van der Waals surface area contributed by atoms with E-state index >= 15 is 0 Å². The van der Waals surface area contributed by atoms with Gasteiger partial charge in [0.15, 0.2) is 11.4 Å². The predicted octanol–water partition coefficient (Wildman–Crippen LogP) is 6.09. The molecule has 0 bridgehead atoms. The Kier molecular flexibility index (Phi) is 6.01. The van der Waals surface area contributed by atoms with Crippen molar-refractivity contribution in [3.05, 3.63) is 77.6 Å². The van der Waals surface area contributed by atoms with Crippen molar-refractivity contribution in [1.82, 2.24) is 19.6 Å². The van der Waals surface area contributed by atoms with Gasteiger partial charge in [0.05, 0.1) is 30.1 Å². The fourth-order valence-corrected chi connectivity index (χ4v) is 4.86. The van der Waals surface area contributed by atoms with Gasteiger partial charge in [0.1, 0.15) is 40.1 Å². The zero-order valence-electron chi connectivity index (χ0n) is 20.8. The van der Waals surface area contributed by atoms with Crippen LogP contribution in [0, 0.1) is 6.92 Å². The normalized spacial score (nSPS) is 11.2. The number of ether oxygens (including phenoxy) is 3. The molecule has 0 N–H and O–H groups in total. The molecule has 2 aromatic carbocycles.